The molecular weight excluding hydrogens is 310 g/mol. The van der Waals surface area contributed by atoms with Crippen LogP contribution >= 0.6 is 11.3 Å². The second kappa shape index (κ2) is 7.52. The lowest BCUT2D eigenvalue weighted by atomic mass is 10.2. The molecule has 0 spiro atoms. The normalized spacial score (nSPS) is 15.6. The molecular formula is C16H22N5OS+. The Morgan fingerprint density at radius 2 is 2.00 bits per heavy atom. The van der Waals surface area contributed by atoms with Crippen molar-refractivity contribution in [2.75, 3.05) is 42.9 Å². The summed E-state index contributed by atoms with van der Waals surface area (Å²) in [6.07, 6.45) is 0.847. The number of benzene rings is 1. The van der Waals surface area contributed by atoms with Crippen LogP contribution in [0.1, 0.15) is 11.9 Å². The third kappa shape index (κ3) is 4.27. The summed E-state index contributed by atoms with van der Waals surface area (Å²) in [6.45, 7) is 6.42. The number of para-hydroxylation sites is 1. The van der Waals surface area contributed by atoms with Crippen molar-refractivity contribution in [2.45, 2.75) is 13.3 Å². The van der Waals surface area contributed by atoms with E-state index in [0.717, 1.165) is 37.6 Å². The minimum absolute atomic E-state index is 0.0203. The molecule has 23 heavy (non-hydrogen) atoms. The Labute approximate surface area is 140 Å². The van der Waals surface area contributed by atoms with E-state index in [1.165, 1.54) is 21.9 Å². The molecule has 1 aromatic heterocycles. The number of carbonyl (C=O) groups is 1. The largest absolute Gasteiger partial charge is 0.360 e. The van der Waals surface area contributed by atoms with Crippen LogP contribution in [0.25, 0.3) is 0 Å². The van der Waals surface area contributed by atoms with Crippen molar-refractivity contribution in [1.82, 2.24) is 10.2 Å². The van der Waals surface area contributed by atoms with Crippen molar-refractivity contribution in [3.8, 4) is 0 Å². The van der Waals surface area contributed by atoms with Crippen molar-refractivity contribution in [1.29, 1.82) is 0 Å². The molecule has 0 saturated carbocycles. The SMILES string of the molecule is CCc1nnc(NC(=O)C[NH+]2CCN(c3ccccc3)CC2)s1. The van der Waals surface area contributed by atoms with Crippen LogP contribution in [-0.2, 0) is 11.2 Å². The molecule has 2 heterocycles. The van der Waals surface area contributed by atoms with Crippen molar-refractivity contribution in [3.05, 3.63) is 35.3 Å². The first-order chi connectivity index (χ1) is 11.2. The maximum atomic E-state index is 12.1. The van der Waals surface area contributed by atoms with E-state index in [4.69, 9.17) is 0 Å². The van der Waals surface area contributed by atoms with Gasteiger partial charge < -0.3 is 9.80 Å². The number of rotatable bonds is 5. The third-order valence-electron chi connectivity index (χ3n) is 4.02. The van der Waals surface area contributed by atoms with Gasteiger partial charge in [0.25, 0.3) is 5.91 Å². The van der Waals surface area contributed by atoms with Crippen molar-refractivity contribution < 1.29 is 9.69 Å². The maximum Gasteiger partial charge on any atom is 0.281 e. The Hall–Kier alpha value is -1.99. The van der Waals surface area contributed by atoms with Crippen LogP contribution < -0.4 is 15.1 Å². The number of aryl methyl sites for hydroxylation is 1. The van der Waals surface area contributed by atoms with Gasteiger partial charge in [0.1, 0.15) is 5.01 Å². The zero-order chi connectivity index (χ0) is 16.1. The van der Waals surface area contributed by atoms with Gasteiger partial charge >= 0.3 is 0 Å². The van der Waals surface area contributed by atoms with Gasteiger partial charge in [-0.2, -0.15) is 0 Å². The number of hydrogen-bond donors (Lipinski definition) is 2. The van der Waals surface area contributed by atoms with Crippen molar-refractivity contribution in [3.63, 3.8) is 0 Å². The summed E-state index contributed by atoms with van der Waals surface area (Å²) >= 11 is 1.45. The van der Waals surface area contributed by atoms with Gasteiger partial charge in [-0.05, 0) is 18.6 Å². The Morgan fingerprint density at radius 3 is 2.65 bits per heavy atom. The number of nitrogens with zero attached hydrogens (tertiary/aromatic N) is 3. The van der Waals surface area contributed by atoms with Crippen LogP contribution in [0.3, 0.4) is 0 Å². The summed E-state index contributed by atoms with van der Waals surface area (Å²) in [6, 6.07) is 10.4. The topological polar surface area (TPSA) is 62.6 Å². The molecule has 0 aliphatic carbocycles. The van der Waals surface area contributed by atoms with E-state index in [2.05, 4.69) is 44.7 Å². The molecule has 0 bridgehead atoms. The van der Waals surface area contributed by atoms with Gasteiger partial charge in [0.2, 0.25) is 5.13 Å². The van der Waals surface area contributed by atoms with Gasteiger partial charge in [0.05, 0.1) is 26.2 Å². The predicted octanol–water partition coefficient (Wildman–Crippen LogP) is 0.444. The first-order valence-electron chi connectivity index (χ1n) is 8.00. The van der Waals surface area contributed by atoms with E-state index in [1.54, 1.807) is 0 Å². The highest BCUT2D eigenvalue weighted by Gasteiger charge is 2.22. The van der Waals surface area contributed by atoms with Gasteiger partial charge in [-0.1, -0.05) is 36.5 Å². The van der Waals surface area contributed by atoms with E-state index < -0.39 is 0 Å². The Kier molecular flexibility index (Phi) is 5.19. The van der Waals surface area contributed by atoms with Gasteiger partial charge in [-0.15, -0.1) is 10.2 Å². The Balaban J connectivity index is 1.46. The number of carbonyl (C=O) groups excluding carboxylic acids is 1. The highest BCUT2D eigenvalue weighted by atomic mass is 32.1. The van der Waals surface area contributed by atoms with E-state index >= 15 is 0 Å². The summed E-state index contributed by atoms with van der Waals surface area (Å²) < 4.78 is 0. The molecule has 1 aromatic carbocycles. The molecule has 1 fully saturated rings. The monoisotopic (exact) mass is 332 g/mol. The fourth-order valence-electron chi connectivity index (χ4n) is 2.73. The van der Waals surface area contributed by atoms with Crippen LogP contribution in [0.4, 0.5) is 10.8 Å². The molecule has 7 heteroatoms. The fraction of sp³-hybridized carbons (Fsp3) is 0.438. The van der Waals surface area contributed by atoms with Gasteiger partial charge in [-0.25, -0.2) is 0 Å². The molecule has 1 aliphatic rings. The van der Waals surface area contributed by atoms with Crippen molar-refractivity contribution in [2.24, 2.45) is 0 Å². The highest BCUT2D eigenvalue weighted by Crippen LogP contribution is 2.15. The lowest BCUT2D eigenvalue weighted by molar-refractivity contribution is -0.892. The number of amides is 1. The maximum absolute atomic E-state index is 12.1. The number of quaternary nitrogens is 1. The third-order valence-corrected chi connectivity index (χ3v) is 5.00. The smallest absolute Gasteiger partial charge is 0.281 e. The standard InChI is InChI=1S/C16H21N5OS/c1-2-15-18-19-16(23-15)17-14(22)12-20-8-10-21(11-9-20)13-6-4-3-5-7-13/h3-7H,2,8-12H2,1H3,(H,17,19,22)/p+1. The minimum atomic E-state index is 0.0203. The first kappa shape index (κ1) is 15.9. The summed E-state index contributed by atoms with van der Waals surface area (Å²) in [5.41, 5.74) is 1.26. The molecule has 0 atom stereocenters. The average molecular weight is 332 g/mol. The molecule has 3 rings (SSSR count). The lowest BCUT2D eigenvalue weighted by Crippen LogP contribution is -3.15. The Bertz CT molecular complexity index is 637. The number of piperazine rings is 1. The average Bonchev–Trinajstić information content (AvgIpc) is 3.04. The van der Waals surface area contributed by atoms with Crippen LogP contribution in [-0.4, -0.2) is 48.8 Å². The summed E-state index contributed by atoms with van der Waals surface area (Å²) in [5, 5.41) is 12.4. The first-order valence-corrected chi connectivity index (χ1v) is 8.82. The lowest BCUT2D eigenvalue weighted by Gasteiger charge is -2.33. The molecule has 1 saturated heterocycles. The van der Waals surface area contributed by atoms with Crippen LogP contribution in [0.5, 0.6) is 0 Å². The molecule has 0 radical (unpaired) electrons. The van der Waals surface area contributed by atoms with Crippen LogP contribution in [0, 0.1) is 0 Å². The molecule has 2 N–H and O–H groups in total. The van der Waals surface area contributed by atoms with Crippen LogP contribution in [0.2, 0.25) is 0 Å². The van der Waals surface area contributed by atoms with Gasteiger partial charge in [0, 0.05) is 5.69 Å². The Morgan fingerprint density at radius 1 is 1.26 bits per heavy atom. The predicted molar refractivity (Wildman–Crippen MR) is 92.1 cm³/mol. The zero-order valence-corrected chi connectivity index (χ0v) is 14.1. The zero-order valence-electron chi connectivity index (χ0n) is 13.3. The molecule has 6 nitrogen and oxygen atoms in total. The minimum Gasteiger partial charge on any atom is -0.360 e. The van der Waals surface area contributed by atoms with Crippen LogP contribution in [0.15, 0.2) is 30.3 Å². The van der Waals surface area contributed by atoms with Crippen molar-refractivity contribution >= 4 is 28.1 Å². The number of hydrogen-bond acceptors (Lipinski definition) is 5. The van der Waals surface area contributed by atoms with E-state index in [1.807, 2.05) is 13.0 Å². The van der Waals surface area contributed by atoms with Gasteiger partial charge in [0.15, 0.2) is 6.54 Å². The molecule has 122 valence electrons. The second-order valence-corrected chi connectivity index (χ2v) is 6.71. The molecule has 0 unspecified atom stereocenters. The summed E-state index contributed by atoms with van der Waals surface area (Å²) in [5.74, 6) is 0.0203. The number of aromatic nitrogens is 2. The highest BCUT2D eigenvalue weighted by molar-refractivity contribution is 7.15. The molecule has 2 aromatic rings. The van der Waals surface area contributed by atoms with E-state index in [-0.39, 0.29) is 5.91 Å². The number of nitrogens with one attached hydrogen (secondary N) is 2. The number of anilines is 2. The fourth-order valence-corrected chi connectivity index (χ4v) is 3.43. The van der Waals surface area contributed by atoms with E-state index in [0.29, 0.717) is 11.7 Å². The molecule has 1 amide bonds. The summed E-state index contributed by atoms with van der Waals surface area (Å²) in [4.78, 5) is 15.8. The van der Waals surface area contributed by atoms with E-state index in [9.17, 15) is 4.79 Å². The second-order valence-electron chi connectivity index (χ2n) is 5.65. The summed E-state index contributed by atoms with van der Waals surface area (Å²) in [7, 11) is 0. The van der Waals surface area contributed by atoms with Gasteiger partial charge in [-0.3, -0.25) is 10.1 Å². The quantitative estimate of drug-likeness (QED) is 0.834. The molecule has 1 aliphatic heterocycles.